The molecule has 4 aromatic rings. The average molecular weight is 560 g/mol. The van der Waals surface area contributed by atoms with E-state index in [0.29, 0.717) is 28.8 Å². The van der Waals surface area contributed by atoms with Crippen LogP contribution in [0.3, 0.4) is 0 Å². The molecule has 0 fully saturated rings. The van der Waals surface area contributed by atoms with Crippen molar-refractivity contribution in [3.8, 4) is 28.4 Å². The number of nitrogens with zero attached hydrogens (tertiary/aromatic N) is 1. The zero-order valence-electron chi connectivity index (χ0n) is 21.3. The smallest absolute Gasteiger partial charge is 0.417 e. The highest BCUT2D eigenvalue weighted by Gasteiger charge is 2.33. The Morgan fingerprint density at radius 2 is 1.49 bits per heavy atom. The van der Waals surface area contributed by atoms with Crippen LogP contribution in [-0.2, 0) is 22.6 Å². The number of alkyl halides is 3. The SMILES string of the molecule is CNC(C)Cc1ccc(OCOc2ccc(-c3cc(C(F)(F)F)cn3-c3ccc(S(N)(=O)=O)cc3)cc2)cc1. The highest BCUT2D eigenvalue weighted by Crippen LogP contribution is 2.36. The van der Waals surface area contributed by atoms with E-state index < -0.39 is 21.8 Å². The lowest BCUT2D eigenvalue weighted by Gasteiger charge is -2.12. The lowest BCUT2D eigenvalue weighted by Crippen LogP contribution is -2.23. The summed E-state index contributed by atoms with van der Waals surface area (Å²) in [5.41, 5.74) is 1.45. The average Bonchev–Trinajstić information content (AvgIpc) is 3.36. The van der Waals surface area contributed by atoms with Gasteiger partial charge in [0.15, 0.2) is 0 Å². The molecule has 4 rings (SSSR count). The number of primary sulfonamides is 1. The fourth-order valence-electron chi connectivity index (χ4n) is 3.92. The van der Waals surface area contributed by atoms with Gasteiger partial charge in [-0.15, -0.1) is 0 Å². The number of rotatable bonds is 10. The van der Waals surface area contributed by atoms with Crippen molar-refractivity contribution in [3.05, 3.63) is 96.2 Å². The van der Waals surface area contributed by atoms with Crippen LogP contribution in [0.1, 0.15) is 18.1 Å². The van der Waals surface area contributed by atoms with E-state index in [4.69, 9.17) is 14.6 Å². The van der Waals surface area contributed by atoms with E-state index in [-0.39, 0.29) is 17.4 Å². The molecule has 0 saturated carbocycles. The summed E-state index contributed by atoms with van der Waals surface area (Å²) in [6.45, 7) is 2.06. The molecule has 0 bridgehead atoms. The Labute approximate surface area is 225 Å². The van der Waals surface area contributed by atoms with Crippen LogP contribution in [0.15, 0.2) is 90.0 Å². The Kier molecular flexibility index (Phi) is 8.34. The van der Waals surface area contributed by atoms with Crippen LogP contribution in [0.5, 0.6) is 11.5 Å². The first-order chi connectivity index (χ1) is 18.4. The number of halogens is 3. The highest BCUT2D eigenvalue weighted by molar-refractivity contribution is 7.89. The third kappa shape index (κ3) is 7.20. The summed E-state index contributed by atoms with van der Waals surface area (Å²) in [7, 11) is -2.02. The van der Waals surface area contributed by atoms with Crippen molar-refractivity contribution in [1.82, 2.24) is 9.88 Å². The molecule has 0 radical (unpaired) electrons. The third-order valence-corrected chi connectivity index (χ3v) is 7.08. The summed E-state index contributed by atoms with van der Waals surface area (Å²) in [4.78, 5) is -0.140. The molecule has 1 heterocycles. The zero-order chi connectivity index (χ0) is 28.2. The predicted octanol–water partition coefficient (Wildman–Crippen LogP) is 5.38. The minimum Gasteiger partial charge on any atom is -0.458 e. The third-order valence-electron chi connectivity index (χ3n) is 6.15. The highest BCUT2D eigenvalue weighted by atomic mass is 32.2. The summed E-state index contributed by atoms with van der Waals surface area (Å²) in [5.74, 6) is 1.13. The van der Waals surface area contributed by atoms with Crippen LogP contribution in [-0.4, -0.2) is 32.9 Å². The lowest BCUT2D eigenvalue weighted by molar-refractivity contribution is -0.137. The van der Waals surface area contributed by atoms with Gasteiger partial charge in [-0.2, -0.15) is 13.2 Å². The van der Waals surface area contributed by atoms with Gasteiger partial charge in [-0.1, -0.05) is 12.1 Å². The van der Waals surface area contributed by atoms with Crippen LogP contribution in [0.25, 0.3) is 16.9 Å². The molecule has 0 aliphatic carbocycles. The van der Waals surface area contributed by atoms with Gasteiger partial charge in [-0.3, -0.25) is 0 Å². The monoisotopic (exact) mass is 559 g/mol. The van der Waals surface area contributed by atoms with E-state index in [2.05, 4.69) is 12.2 Å². The van der Waals surface area contributed by atoms with Crippen molar-refractivity contribution >= 4 is 10.0 Å². The Morgan fingerprint density at radius 3 is 2.00 bits per heavy atom. The number of sulfonamides is 1. The molecule has 0 spiro atoms. The molecule has 3 aromatic carbocycles. The molecular weight excluding hydrogens is 531 g/mol. The van der Waals surface area contributed by atoms with E-state index in [1.54, 1.807) is 24.3 Å². The Morgan fingerprint density at radius 1 is 0.923 bits per heavy atom. The number of ether oxygens (including phenoxy) is 2. The van der Waals surface area contributed by atoms with Crippen molar-refractivity contribution < 1.29 is 31.1 Å². The Hall–Kier alpha value is -3.80. The second kappa shape index (κ2) is 11.5. The van der Waals surface area contributed by atoms with Crippen LogP contribution < -0.4 is 19.9 Å². The van der Waals surface area contributed by atoms with E-state index in [1.807, 2.05) is 31.3 Å². The molecule has 1 unspecified atom stereocenters. The van der Waals surface area contributed by atoms with E-state index in [0.717, 1.165) is 18.7 Å². The van der Waals surface area contributed by atoms with Gasteiger partial charge in [0.05, 0.1) is 16.2 Å². The van der Waals surface area contributed by atoms with Gasteiger partial charge in [-0.05, 0) is 98.2 Å². The van der Waals surface area contributed by atoms with Crippen molar-refractivity contribution in [2.45, 2.75) is 30.5 Å². The molecule has 0 saturated heterocycles. The number of likely N-dealkylation sites (N-methyl/N-ethyl adjacent to an activating group) is 1. The van der Waals surface area contributed by atoms with Gasteiger partial charge in [0.2, 0.25) is 16.8 Å². The topological polar surface area (TPSA) is 95.6 Å². The molecular formula is C28H28F3N3O4S. The van der Waals surface area contributed by atoms with Crippen LogP contribution in [0.4, 0.5) is 13.2 Å². The van der Waals surface area contributed by atoms with Crippen LogP contribution in [0.2, 0.25) is 0 Å². The number of benzene rings is 3. The van der Waals surface area contributed by atoms with Crippen molar-refractivity contribution in [2.75, 3.05) is 13.8 Å². The number of aromatic nitrogens is 1. The maximum atomic E-state index is 13.5. The zero-order valence-corrected chi connectivity index (χ0v) is 22.1. The fourth-order valence-corrected chi connectivity index (χ4v) is 4.43. The van der Waals surface area contributed by atoms with E-state index >= 15 is 0 Å². The molecule has 0 aliphatic heterocycles. The van der Waals surface area contributed by atoms with Crippen molar-refractivity contribution in [2.24, 2.45) is 5.14 Å². The van der Waals surface area contributed by atoms with Crippen molar-refractivity contribution in [1.29, 1.82) is 0 Å². The minimum atomic E-state index is -4.57. The summed E-state index contributed by atoms with van der Waals surface area (Å²) >= 11 is 0. The first-order valence-electron chi connectivity index (χ1n) is 12.0. The van der Waals surface area contributed by atoms with Gasteiger partial charge in [0.1, 0.15) is 11.5 Å². The fraction of sp³-hybridized carbons (Fsp3) is 0.214. The summed E-state index contributed by atoms with van der Waals surface area (Å²) in [6, 6.07) is 20.9. The van der Waals surface area contributed by atoms with Gasteiger partial charge < -0.3 is 19.4 Å². The molecule has 1 aromatic heterocycles. The Bertz CT molecular complexity index is 1500. The van der Waals surface area contributed by atoms with Crippen LogP contribution in [0, 0.1) is 0 Å². The normalized spacial score (nSPS) is 12.8. The standard InChI is InChI=1S/C28H28F3N3O4S/c1-19(33-2)15-20-3-9-24(10-4-20)37-18-38-25-11-5-21(6-12-25)27-16-22(28(29,30)31)17-34(27)23-7-13-26(14-8-23)39(32,35)36/h3-14,16-17,19,33H,15,18H2,1-2H3,(H2,32,35,36). The molecule has 1 atom stereocenters. The largest absolute Gasteiger partial charge is 0.458 e. The molecule has 11 heteroatoms. The maximum absolute atomic E-state index is 13.5. The van der Waals surface area contributed by atoms with Gasteiger partial charge >= 0.3 is 6.18 Å². The predicted molar refractivity (Wildman–Crippen MR) is 142 cm³/mol. The summed E-state index contributed by atoms with van der Waals surface area (Å²) < 4.78 is 76.3. The van der Waals surface area contributed by atoms with Crippen molar-refractivity contribution in [3.63, 3.8) is 0 Å². The summed E-state index contributed by atoms with van der Waals surface area (Å²) in [6.07, 6.45) is -2.71. The van der Waals surface area contributed by atoms with Gasteiger partial charge in [0.25, 0.3) is 0 Å². The van der Waals surface area contributed by atoms with Crippen LogP contribution >= 0.6 is 0 Å². The van der Waals surface area contributed by atoms with Gasteiger partial charge in [0, 0.05) is 17.9 Å². The molecule has 0 aliphatic rings. The number of nitrogens with one attached hydrogen (secondary N) is 1. The second-order valence-electron chi connectivity index (χ2n) is 8.99. The summed E-state index contributed by atoms with van der Waals surface area (Å²) in [5, 5.41) is 8.32. The maximum Gasteiger partial charge on any atom is 0.417 e. The second-order valence-corrected chi connectivity index (χ2v) is 10.6. The minimum absolute atomic E-state index is 0.0450. The molecule has 3 N–H and O–H groups in total. The quantitative estimate of drug-likeness (QED) is 0.255. The number of nitrogens with two attached hydrogens (primary N) is 1. The first kappa shape index (κ1) is 28.2. The molecule has 39 heavy (non-hydrogen) atoms. The first-order valence-corrected chi connectivity index (χ1v) is 13.5. The molecule has 7 nitrogen and oxygen atoms in total. The van der Waals surface area contributed by atoms with Gasteiger partial charge in [-0.25, -0.2) is 13.6 Å². The lowest BCUT2D eigenvalue weighted by atomic mass is 10.1. The Balaban J connectivity index is 1.48. The molecule has 206 valence electrons. The van der Waals surface area contributed by atoms with E-state index in [1.165, 1.54) is 34.4 Å². The number of hydrogen-bond donors (Lipinski definition) is 2. The van der Waals surface area contributed by atoms with E-state index in [9.17, 15) is 21.6 Å². The molecule has 0 amide bonds. The number of hydrogen-bond acceptors (Lipinski definition) is 5.